The third-order valence-corrected chi connectivity index (χ3v) is 5.37. The summed E-state index contributed by atoms with van der Waals surface area (Å²) in [6.45, 7) is 2.67. The number of hydrogen-bond donors (Lipinski definition) is 0. The average Bonchev–Trinajstić information content (AvgIpc) is 3.34. The molecule has 1 aliphatic heterocycles. The first-order valence-corrected chi connectivity index (χ1v) is 10.4. The van der Waals surface area contributed by atoms with E-state index in [1.807, 2.05) is 30.3 Å². The van der Waals surface area contributed by atoms with Crippen LogP contribution in [0.4, 0.5) is 10.1 Å². The second-order valence-corrected chi connectivity index (χ2v) is 7.81. The molecule has 3 aromatic rings. The highest BCUT2D eigenvalue weighted by atomic mass is 19.1. The number of benzene rings is 2. The Morgan fingerprint density at radius 2 is 2.06 bits per heavy atom. The number of nitrogens with zero attached hydrogens (tertiary/aromatic N) is 6. The normalized spacial score (nSPS) is 16.5. The molecule has 166 valence electrons. The second kappa shape index (κ2) is 9.77. The maximum absolute atomic E-state index is 14.9. The molecule has 0 spiro atoms. The third-order valence-electron chi connectivity index (χ3n) is 5.37. The van der Waals surface area contributed by atoms with Crippen molar-refractivity contribution in [2.45, 2.75) is 12.6 Å². The van der Waals surface area contributed by atoms with E-state index < -0.39 is 5.82 Å². The van der Waals surface area contributed by atoms with Gasteiger partial charge >= 0.3 is 0 Å². The van der Waals surface area contributed by atoms with Crippen molar-refractivity contribution in [1.82, 2.24) is 19.7 Å². The Kier molecular flexibility index (Phi) is 6.63. The lowest BCUT2D eigenvalue weighted by Gasteiger charge is -2.33. The number of nitriles is 1. The molecule has 0 amide bonds. The summed E-state index contributed by atoms with van der Waals surface area (Å²) in [6.07, 6.45) is 3.00. The van der Waals surface area contributed by atoms with Crippen LogP contribution in [0.15, 0.2) is 49.1 Å². The minimum Gasteiger partial charge on any atom is -0.491 e. The molecule has 1 atom stereocenters. The van der Waals surface area contributed by atoms with Crippen LogP contribution in [0.2, 0.25) is 0 Å². The smallest absolute Gasteiger partial charge is 0.147 e. The van der Waals surface area contributed by atoms with Gasteiger partial charge in [-0.25, -0.2) is 14.1 Å². The van der Waals surface area contributed by atoms with Gasteiger partial charge in [0.2, 0.25) is 0 Å². The molecule has 1 fully saturated rings. The van der Waals surface area contributed by atoms with Gasteiger partial charge in [0.15, 0.2) is 0 Å². The van der Waals surface area contributed by atoms with Gasteiger partial charge < -0.3 is 14.4 Å². The third kappa shape index (κ3) is 4.88. The van der Waals surface area contributed by atoms with Gasteiger partial charge in [0.1, 0.15) is 48.6 Å². The topological polar surface area (TPSA) is 79.4 Å². The predicted octanol–water partition coefficient (Wildman–Crippen LogP) is 2.62. The summed E-state index contributed by atoms with van der Waals surface area (Å²) < 4.78 is 28.3. The van der Waals surface area contributed by atoms with Gasteiger partial charge in [0, 0.05) is 39.3 Å². The van der Waals surface area contributed by atoms with E-state index in [1.165, 1.54) is 6.33 Å². The first-order chi connectivity index (χ1) is 15.5. The Bertz CT molecular complexity index is 1080. The molecule has 32 heavy (non-hydrogen) atoms. The van der Waals surface area contributed by atoms with Gasteiger partial charge in [0.05, 0.1) is 18.0 Å². The fraction of sp³-hybridized carbons (Fsp3) is 0.348. The Balaban J connectivity index is 1.34. The first-order valence-electron chi connectivity index (χ1n) is 10.4. The summed E-state index contributed by atoms with van der Waals surface area (Å²) in [5, 5.41) is 13.5. The van der Waals surface area contributed by atoms with Crippen molar-refractivity contribution < 1.29 is 13.9 Å². The van der Waals surface area contributed by atoms with Gasteiger partial charge in [-0.3, -0.25) is 4.90 Å². The molecule has 1 unspecified atom stereocenters. The van der Waals surface area contributed by atoms with E-state index in [4.69, 9.17) is 9.47 Å². The first kappa shape index (κ1) is 21.7. The predicted molar refractivity (Wildman–Crippen MR) is 117 cm³/mol. The number of aromatic nitrogens is 3. The average molecular weight is 436 g/mol. The van der Waals surface area contributed by atoms with Crippen molar-refractivity contribution >= 4 is 5.69 Å². The SMILES string of the molecule is CN(C)c1ccc(CN2CCOC(COc3ccc(-n4cncn4)cc3)C2)c(F)c1C#N. The number of morpholine rings is 1. The molecule has 0 aliphatic carbocycles. The van der Waals surface area contributed by atoms with Crippen LogP contribution in [0.3, 0.4) is 0 Å². The Hall–Kier alpha value is -3.48. The molecule has 0 bridgehead atoms. The zero-order valence-electron chi connectivity index (χ0n) is 18.1. The summed E-state index contributed by atoms with van der Waals surface area (Å²) in [5.41, 5.74) is 2.07. The Labute approximate surface area is 186 Å². The standard InChI is InChI=1S/C23H25FN6O2/c1-28(2)22-8-3-17(23(24)21(22)11-25)12-29-9-10-31-20(13-29)14-32-19-6-4-18(5-7-19)30-16-26-15-27-30/h3-8,15-16,20H,9-10,12-14H2,1-2H3. The molecule has 9 heteroatoms. The van der Waals surface area contributed by atoms with E-state index in [2.05, 4.69) is 15.0 Å². The van der Waals surface area contributed by atoms with Crippen molar-refractivity contribution in [2.75, 3.05) is 45.3 Å². The lowest BCUT2D eigenvalue weighted by atomic mass is 10.1. The highest BCUT2D eigenvalue weighted by molar-refractivity contribution is 5.60. The van der Waals surface area contributed by atoms with Crippen LogP contribution in [0.1, 0.15) is 11.1 Å². The minimum atomic E-state index is -0.453. The lowest BCUT2D eigenvalue weighted by molar-refractivity contribution is -0.0506. The molecule has 0 saturated carbocycles. The van der Waals surface area contributed by atoms with Crippen LogP contribution in [0.5, 0.6) is 5.75 Å². The summed E-state index contributed by atoms with van der Waals surface area (Å²) in [6, 6.07) is 13.1. The second-order valence-electron chi connectivity index (χ2n) is 7.81. The summed E-state index contributed by atoms with van der Waals surface area (Å²) in [7, 11) is 3.59. The number of anilines is 1. The molecular weight excluding hydrogens is 411 g/mol. The number of rotatable bonds is 7. The molecule has 8 nitrogen and oxygen atoms in total. The van der Waals surface area contributed by atoms with Crippen LogP contribution in [-0.2, 0) is 11.3 Å². The van der Waals surface area contributed by atoms with E-state index in [-0.39, 0.29) is 11.7 Å². The lowest BCUT2D eigenvalue weighted by Crippen LogP contribution is -2.44. The summed E-state index contributed by atoms with van der Waals surface area (Å²) >= 11 is 0. The number of halogens is 1. The van der Waals surface area contributed by atoms with Crippen molar-refractivity contribution in [3.8, 4) is 17.5 Å². The quantitative estimate of drug-likeness (QED) is 0.563. The number of ether oxygens (including phenoxy) is 2. The van der Waals surface area contributed by atoms with E-state index in [0.29, 0.717) is 44.1 Å². The fourth-order valence-electron chi connectivity index (χ4n) is 3.70. The van der Waals surface area contributed by atoms with Crippen LogP contribution in [0.25, 0.3) is 5.69 Å². The maximum Gasteiger partial charge on any atom is 0.147 e. The zero-order valence-corrected chi connectivity index (χ0v) is 18.1. The molecule has 1 saturated heterocycles. The molecule has 0 N–H and O–H groups in total. The van der Waals surface area contributed by atoms with Crippen LogP contribution in [0, 0.1) is 17.1 Å². The molecular formula is C23H25FN6O2. The van der Waals surface area contributed by atoms with Gasteiger partial charge in [-0.15, -0.1) is 0 Å². The van der Waals surface area contributed by atoms with E-state index in [9.17, 15) is 9.65 Å². The molecule has 1 aliphatic rings. The summed E-state index contributed by atoms with van der Waals surface area (Å²) in [5.74, 6) is 0.282. The van der Waals surface area contributed by atoms with Gasteiger partial charge in [0.25, 0.3) is 0 Å². The van der Waals surface area contributed by atoms with E-state index in [1.54, 1.807) is 42.1 Å². The van der Waals surface area contributed by atoms with Crippen LogP contribution in [-0.4, -0.2) is 66.2 Å². The molecule has 2 aromatic carbocycles. The zero-order chi connectivity index (χ0) is 22.5. The fourth-order valence-corrected chi connectivity index (χ4v) is 3.70. The largest absolute Gasteiger partial charge is 0.491 e. The van der Waals surface area contributed by atoms with Crippen molar-refractivity contribution in [1.29, 1.82) is 5.26 Å². The molecule has 0 radical (unpaired) electrons. The van der Waals surface area contributed by atoms with Crippen molar-refractivity contribution in [2.24, 2.45) is 0 Å². The monoisotopic (exact) mass is 436 g/mol. The molecule has 2 heterocycles. The Morgan fingerprint density at radius 3 is 2.75 bits per heavy atom. The van der Waals surface area contributed by atoms with Crippen LogP contribution >= 0.6 is 0 Å². The van der Waals surface area contributed by atoms with Crippen LogP contribution < -0.4 is 9.64 Å². The summed E-state index contributed by atoms with van der Waals surface area (Å²) in [4.78, 5) is 7.81. The van der Waals surface area contributed by atoms with Gasteiger partial charge in [-0.05, 0) is 30.3 Å². The van der Waals surface area contributed by atoms with E-state index >= 15 is 0 Å². The molecule has 1 aromatic heterocycles. The van der Waals surface area contributed by atoms with Crippen molar-refractivity contribution in [3.05, 3.63) is 66.0 Å². The van der Waals surface area contributed by atoms with Crippen molar-refractivity contribution in [3.63, 3.8) is 0 Å². The highest BCUT2D eigenvalue weighted by Gasteiger charge is 2.23. The highest BCUT2D eigenvalue weighted by Crippen LogP contribution is 2.25. The minimum absolute atomic E-state index is 0.0787. The number of hydrogen-bond acceptors (Lipinski definition) is 7. The van der Waals surface area contributed by atoms with Gasteiger partial charge in [-0.1, -0.05) is 6.07 Å². The molecule has 4 rings (SSSR count). The Morgan fingerprint density at radius 1 is 1.25 bits per heavy atom. The van der Waals surface area contributed by atoms with Gasteiger partial charge in [-0.2, -0.15) is 10.4 Å². The van der Waals surface area contributed by atoms with E-state index in [0.717, 1.165) is 11.4 Å². The maximum atomic E-state index is 14.9.